The van der Waals surface area contributed by atoms with Crippen LogP contribution in [0.4, 0.5) is 0 Å². The number of benzene rings is 2. The summed E-state index contributed by atoms with van der Waals surface area (Å²) in [5.41, 5.74) is 8.10. The van der Waals surface area contributed by atoms with Crippen molar-refractivity contribution >= 4 is 28.5 Å². The molecule has 6 nitrogen and oxygen atoms in total. The van der Waals surface area contributed by atoms with Gasteiger partial charge in [-0.3, -0.25) is 14.6 Å². The van der Waals surface area contributed by atoms with Gasteiger partial charge in [0.2, 0.25) is 0 Å². The molecule has 0 aliphatic heterocycles. The van der Waals surface area contributed by atoms with Crippen molar-refractivity contribution < 1.29 is 9.21 Å². The summed E-state index contributed by atoms with van der Waals surface area (Å²) in [6.07, 6.45) is 4.17. The molecular weight excluding hydrogens is 474 g/mol. The maximum atomic E-state index is 13.8. The van der Waals surface area contributed by atoms with Gasteiger partial charge in [0.05, 0.1) is 17.0 Å². The smallest absolute Gasteiger partial charge is 0.256 e. The molecule has 0 saturated heterocycles. The predicted molar refractivity (Wildman–Crippen MR) is 143 cm³/mol. The van der Waals surface area contributed by atoms with E-state index in [1.165, 1.54) is 0 Å². The van der Waals surface area contributed by atoms with Gasteiger partial charge in [0.1, 0.15) is 11.3 Å². The molecule has 1 amide bonds. The summed E-state index contributed by atoms with van der Waals surface area (Å²) in [7, 11) is 0. The van der Waals surface area contributed by atoms with Crippen molar-refractivity contribution in [3.63, 3.8) is 0 Å². The maximum absolute atomic E-state index is 13.8. The molecule has 0 aliphatic rings. The number of nitrogens with two attached hydrogens (primary N) is 1. The second-order valence-corrected chi connectivity index (χ2v) is 9.58. The van der Waals surface area contributed by atoms with Crippen LogP contribution >= 0.6 is 11.6 Å². The number of hydrogen-bond acceptors (Lipinski definition) is 5. The van der Waals surface area contributed by atoms with Crippen molar-refractivity contribution in [3.8, 4) is 0 Å². The zero-order chi connectivity index (χ0) is 25.7. The SMILES string of the molecule is CC(C)C(c1oc2cc(Cl)ccc2c(=O)c1Cc1ccccc1)N(CCCN)C(=O)c1cccnc1. The normalized spacial score (nSPS) is 12.1. The lowest BCUT2D eigenvalue weighted by Crippen LogP contribution is -2.40. The largest absolute Gasteiger partial charge is 0.458 e. The minimum absolute atomic E-state index is 0.0577. The van der Waals surface area contributed by atoms with Gasteiger partial charge in [0.25, 0.3) is 5.91 Å². The highest BCUT2D eigenvalue weighted by atomic mass is 35.5. The summed E-state index contributed by atoms with van der Waals surface area (Å²) in [4.78, 5) is 33.5. The number of pyridine rings is 1. The zero-order valence-electron chi connectivity index (χ0n) is 20.5. The van der Waals surface area contributed by atoms with Crippen LogP contribution in [-0.4, -0.2) is 28.9 Å². The van der Waals surface area contributed by atoms with E-state index in [-0.39, 0.29) is 17.3 Å². The van der Waals surface area contributed by atoms with Gasteiger partial charge in [-0.25, -0.2) is 0 Å². The second kappa shape index (κ2) is 11.5. The first kappa shape index (κ1) is 25.6. The number of carbonyl (C=O) groups is 1. The van der Waals surface area contributed by atoms with Gasteiger partial charge in [0, 0.05) is 42.0 Å². The lowest BCUT2D eigenvalue weighted by Gasteiger charge is -2.35. The average Bonchev–Trinajstić information content (AvgIpc) is 2.88. The molecule has 0 spiro atoms. The highest BCUT2D eigenvalue weighted by Gasteiger charge is 2.33. The summed E-state index contributed by atoms with van der Waals surface area (Å²) < 4.78 is 6.47. The quantitative estimate of drug-likeness (QED) is 0.320. The molecule has 186 valence electrons. The number of amides is 1. The van der Waals surface area contributed by atoms with Gasteiger partial charge in [-0.1, -0.05) is 55.8 Å². The van der Waals surface area contributed by atoms with E-state index >= 15 is 0 Å². The van der Waals surface area contributed by atoms with Crippen LogP contribution < -0.4 is 11.2 Å². The van der Waals surface area contributed by atoms with Crippen molar-refractivity contribution in [2.45, 2.75) is 32.7 Å². The predicted octanol–water partition coefficient (Wildman–Crippen LogP) is 5.62. The zero-order valence-corrected chi connectivity index (χ0v) is 21.2. The fourth-order valence-electron chi connectivity index (χ4n) is 4.52. The van der Waals surface area contributed by atoms with E-state index in [4.69, 9.17) is 21.8 Å². The topological polar surface area (TPSA) is 89.4 Å². The van der Waals surface area contributed by atoms with Gasteiger partial charge in [-0.05, 0) is 48.7 Å². The van der Waals surface area contributed by atoms with Gasteiger partial charge in [0.15, 0.2) is 5.43 Å². The third-order valence-electron chi connectivity index (χ3n) is 6.21. The number of aromatic nitrogens is 1. The van der Waals surface area contributed by atoms with Crippen LogP contribution in [0.1, 0.15) is 53.6 Å². The molecule has 0 aliphatic carbocycles. The van der Waals surface area contributed by atoms with Crippen molar-refractivity contribution in [1.29, 1.82) is 0 Å². The van der Waals surface area contributed by atoms with Crippen molar-refractivity contribution in [2.24, 2.45) is 11.7 Å². The molecule has 4 rings (SSSR count). The van der Waals surface area contributed by atoms with E-state index in [0.717, 1.165) is 5.56 Å². The van der Waals surface area contributed by atoms with Crippen molar-refractivity contribution in [2.75, 3.05) is 13.1 Å². The molecule has 2 aromatic heterocycles. The molecule has 0 saturated carbocycles. The Kier molecular flexibility index (Phi) is 8.18. The summed E-state index contributed by atoms with van der Waals surface area (Å²) in [6, 6.07) is 17.8. The Balaban J connectivity index is 1.94. The van der Waals surface area contributed by atoms with Crippen molar-refractivity contribution in [3.05, 3.63) is 111 Å². The molecule has 36 heavy (non-hydrogen) atoms. The summed E-state index contributed by atoms with van der Waals surface area (Å²) in [5.74, 6) is 0.232. The van der Waals surface area contributed by atoms with E-state index in [2.05, 4.69) is 4.98 Å². The fraction of sp³-hybridized carbons (Fsp3) is 0.276. The molecule has 0 fully saturated rings. The standard InChI is InChI=1S/C29H30ClN3O3/c1-19(2)26(33(15-7-13-31)29(35)21-10-6-14-32-18-21)28-24(16-20-8-4-3-5-9-20)27(34)23-12-11-22(30)17-25(23)36-28/h3-6,8-12,14,17-19,26H,7,13,15-16,31H2,1-2H3. The third kappa shape index (κ3) is 5.50. The molecule has 2 heterocycles. The first-order valence-corrected chi connectivity index (χ1v) is 12.5. The van der Waals surface area contributed by atoms with E-state index in [1.54, 1.807) is 47.6 Å². The second-order valence-electron chi connectivity index (χ2n) is 9.15. The van der Waals surface area contributed by atoms with Crippen LogP contribution in [0.25, 0.3) is 11.0 Å². The van der Waals surface area contributed by atoms with Crippen LogP contribution in [0.15, 0.2) is 82.3 Å². The maximum Gasteiger partial charge on any atom is 0.256 e. The monoisotopic (exact) mass is 503 g/mol. The Labute approximate surface area is 215 Å². The van der Waals surface area contributed by atoms with E-state index in [0.29, 0.717) is 58.8 Å². The molecule has 2 N–H and O–H groups in total. The summed E-state index contributed by atoms with van der Waals surface area (Å²) in [5, 5.41) is 0.934. The minimum atomic E-state index is -0.501. The van der Waals surface area contributed by atoms with Crippen LogP contribution in [0.2, 0.25) is 5.02 Å². The van der Waals surface area contributed by atoms with Crippen LogP contribution in [0.3, 0.4) is 0 Å². The van der Waals surface area contributed by atoms with E-state index < -0.39 is 6.04 Å². The lowest BCUT2D eigenvalue weighted by molar-refractivity contribution is 0.0587. The number of rotatable bonds is 9. The Hall–Kier alpha value is -3.48. The van der Waals surface area contributed by atoms with E-state index in [9.17, 15) is 9.59 Å². The fourth-order valence-corrected chi connectivity index (χ4v) is 4.68. The average molecular weight is 504 g/mol. The molecule has 0 radical (unpaired) electrons. The van der Waals surface area contributed by atoms with Gasteiger partial charge in [-0.2, -0.15) is 0 Å². The first-order chi connectivity index (χ1) is 17.4. The highest BCUT2D eigenvalue weighted by Crippen LogP contribution is 2.34. The molecular formula is C29H30ClN3O3. The molecule has 1 atom stereocenters. The molecule has 2 aromatic carbocycles. The van der Waals surface area contributed by atoms with Crippen LogP contribution in [0.5, 0.6) is 0 Å². The summed E-state index contributed by atoms with van der Waals surface area (Å²) in [6.45, 7) is 4.88. The number of nitrogens with zero attached hydrogens (tertiary/aromatic N) is 2. The van der Waals surface area contributed by atoms with Crippen molar-refractivity contribution in [1.82, 2.24) is 9.88 Å². The highest BCUT2D eigenvalue weighted by molar-refractivity contribution is 6.31. The van der Waals surface area contributed by atoms with Gasteiger partial charge < -0.3 is 15.1 Å². The Morgan fingerprint density at radius 3 is 2.56 bits per heavy atom. The van der Waals surface area contributed by atoms with Gasteiger partial charge >= 0.3 is 0 Å². The Morgan fingerprint density at radius 1 is 1.11 bits per heavy atom. The lowest BCUT2D eigenvalue weighted by atomic mass is 9.92. The summed E-state index contributed by atoms with van der Waals surface area (Å²) >= 11 is 6.25. The number of hydrogen-bond donors (Lipinski definition) is 1. The minimum Gasteiger partial charge on any atom is -0.458 e. The van der Waals surface area contributed by atoms with Gasteiger partial charge in [-0.15, -0.1) is 0 Å². The number of halogens is 1. The Morgan fingerprint density at radius 2 is 1.89 bits per heavy atom. The number of carbonyl (C=O) groups excluding carboxylic acids is 1. The van der Waals surface area contributed by atoms with Crippen LogP contribution in [0, 0.1) is 5.92 Å². The molecule has 7 heteroatoms. The number of fused-ring (bicyclic) bond motifs is 1. The third-order valence-corrected chi connectivity index (χ3v) is 6.45. The molecule has 0 bridgehead atoms. The molecule has 1 unspecified atom stereocenters. The Bertz CT molecular complexity index is 1390. The molecule has 4 aromatic rings. The first-order valence-electron chi connectivity index (χ1n) is 12.1. The van der Waals surface area contributed by atoms with E-state index in [1.807, 2.05) is 44.2 Å². The van der Waals surface area contributed by atoms with Crippen LogP contribution in [-0.2, 0) is 6.42 Å².